The second-order valence-electron chi connectivity index (χ2n) is 6.46. The summed E-state index contributed by atoms with van der Waals surface area (Å²) in [4.78, 5) is 0. The lowest BCUT2D eigenvalue weighted by atomic mass is 10.0. The Labute approximate surface area is 158 Å². The molecule has 27 heavy (non-hydrogen) atoms. The SMILES string of the molecule is CC(C)c1ccc(/C=C(/C#N)c2nn(-c3ccccc3)c(N)c2C#N)cc1. The molecular formula is C22H19N5. The van der Waals surface area contributed by atoms with E-state index in [0.717, 1.165) is 11.3 Å². The molecule has 0 spiro atoms. The van der Waals surface area contributed by atoms with Crippen molar-refractivity contribution >= 4 is 17.5 Å². The maximum absolute atomic E-state index is 9.66. The van der Waals surface area contributed by atoms with Crippen LogP contribution in [0.3, 0.4) is 0 Å². The summed E-state index contributed by atoms with van der Waals surface area (Å²) in [7, 11) is 0. The number of nitriles is 2. The molecule has 0 aliphatic heterocycles. The van der Waals surface area contributed by atoms with Gasteiger partial charge in [0.1, 0.15) is 29.2 Å². The first-order chi connectivity index (χ1) is 13.0. The molecule has 3 rings (SSSR count). The molecule has 5 heteroatoms. The van der Waals surface area contributed by atoms with Gasteiger partial charge in [0.15, 0.2) is 0 Å². The van der Waals surface area contributed by atoms with Crippen LogP contribution >= 0.6 is 0 Å². The summed E-state index contributed by atoms with van der Waals surface area (Å²) >= 11 is 0. The average Bonchev–Trinajstić information content (AvgIpc) is 3.03. The fraction of sp³-hybridized carbons (Fsp3) is 0.136. The van der Waals surface area contributed by atoms with Crippen molar-refractivity contribution in [1.82, 2.24) is 9.78 Å². The monoisotopic (exact) mass is 353 g/mol. The van der Waals surface area contributed by atoms with Gasteiger partial charge in [-0.2, -0.15) is 15.6 Å². The first-order valence-corrected chi connectivity index (χ1v) is 8.61. The molecule has 0 saturated heterocycles. The van der Waals surface area contributed by atoms with Crippen molar-refractivity contribution in [2.75, 3.05) is 5.73 Å². The third-order valence-corrected chi connectivity index (χ3v) is 4.32. The molecule has 2 aromatic carbocycles. The normalized spacial score (nSPS) is 11.2. The summed E-state index contributed by atoms with van der Waals surface area (Å²) in [6.07, 6.45) is 1.72. The third-order valence-electron chi connectivity index (χ3n) is 4.32. The van der Waals surface area contributed by atoms with E-state index in [0.29, 0.717) is 11.5 Å². The van der Waals surface area contributed by atoms with Gasteiger partial charge in [-0.05, 0) is 35.3 Å². The highest BCUT2D eigenvalue weighted by molar-refractivity contribution is 5.91. The van der Waals surface area contributed by atoms with Gasteiger partial charge in [-0.15, -0.1) is 0 Å². The van der Waals surface area contributed by atoms with E-state index >= 15 is 0 Å². The van der Waals surface area contributed by atoms with Crippen LogP contribution in [-0.2, 0) is 0 Å². The van der Waals surface area contributed by atoms with Crippen LogP contribution < -0.4 is 5.73 Å². The Morgan fingerprint density at radius 3 is 2.30 bits per heavy atom. The number of benzene rings is 2. The van der Waals surface area contributed by atoms with Crippen LogP contribution in [0.1, 0.15) is 42.1 Å². The lowest BCUT2D eigenvalue weighted by Crippen LogP contribution is -2.02. The van der Waals surface area contributed by atoms with Gasteiger partial charge in [0.05, 0.1) is 11.3 Å². The Morgan fingerprint density at radius 2 is 1.74 bits per heavy atom. The molecule has 2 N–H and O–H groups in total. The molecule has 0 fully saturated rings. The first kappa shape index (κ1) is 18.0. The van der Waals surface area contributed by atoms with Crippen molar-refractivity contribution in [1.29, 1.82) is 10.5 Å². The molecule has 3 aromatic rings. The van der Waals surface area contributed by atoms with Gasteiger partial charge < -0.3 is 5.73 Å². The number of nitrogen functional groups attached to an aromatic ring is 1. The lowest BCUT2D eigenvalue weighted by molar-refractivity contribution is 0.866. The minimum Gasteiger partial charge on any atom is -0.382 e. The number of aromatic nitrogens is 2. The van der Waals surface area contributed by atoms with Crippen molar-refractivity contribution in [2.24, 2.45) is 0 Å². The molecule has 1 heterocycles. The van der Waals surface area contributed by atoms with Crippen molar-refractivity contribution in [3.05, 3.63) is 77.0 Å². The van der Waals surface area contributed by atoms with E-state index < -0.39 is 0 Å². The topological polar surface area (TPSA) is 91.4 Å². The fourth-order valence-corrected chi connectivity index (χ4v) is 2.79. The highest BCUT2D eigenvalue weighted by Crippen LogP contribution is 2.27. The Balaban J connectivity index is 2.08. The second-order valence-corrected chi connectivity index (χ2v) is 6.46. The van der Waals surface area contributed by atoms with Crippen LogP contribution in [0, 0.1) is 22.7 Å². The van der Waals surface area contributed by atoms with Gasteiger partial charge >= 0.3 is 0 Å². The first-order valence-electron chi connectivity index (χ1n) is 8.61. The van der Waals surface area contributed by atoms with Crippen molar-refractivity contribution in [2.45, 2.75) is 19.8 Å². The van der Waals surface area contributed by atoms with Gasteiger partial charge in [0, 0.05) is 0 Å². The van der Waals surface area contributed by atoms with E-state index in [1.807, 2.05) is 54.6 Å². The van der Waals surface area contributed by atoms with Crippen LogP contribution in [0.2, 0.25) is 0 Å². The molecule has 1 aromatic heterocycles. The molecule has 0 amide bonds. The van der Waals surface area contributed by atoms with Gasteiger partial charge in [-0.3, -0.25) is 0 Å². The average molecular weight is 353 g/mol. The maximum Gasteiger partial charge on any atom is 0.145 e. The number of nitrogens with zero attached hydrogens (tertiary/aromatic N) is 4. The maximum atomic E-state index is 9.66. The standard InChI is InChI=1S/C22H19N5/c1-15(2)17-10-8-16(9-11-17)12-18(13-23)21-20(14-24)22(25)27(26-21)19-6-4-3-5-7-19/h3-12,15H,25H2,1-2H3/b18-12-. The van der Waals surface area contributed by atoms with Crippen molar-refractivity contribution < 1.29 is 0 Å². The highest BCUT2D eigenvalue weighted by Gasteiger charge is 2.19. The second kappa shape index (κ2) is 7.59. The molecule has 132 valence electrons. The largest absolute Gasteiger partial charge is 0.382 e. The zero-order valence-corrected chi connectivity index (χ0v) is 15.2. The number of allylic oxidation sites excluding steroid dienone is 1. The van der Waals surface area contributed by atoms with Gasteiger partial charge in [-0.1, -0.05) is 56.3 Å². The molecule has 0 atom stereocenters. The van der Waals surface area contributed by atoms with E-state index in [9.17, 15) is 10.5 Å². The van der Waals surface area contributed by atoms with Gasteiger partial charge in [-0.25, -0.2) is 4.68 Å². The number of para-hydroxylation sites is 1. The number of anilines is 1. The molecule has 0 bridgehead atoms. The van der Waals surface area contributed by atoms with E-state index in [4.69, 9.17) is 5.73 Å². The molecule has 0 aliphatic carbocycles. The molecule has 5 nitrogen and oxygen atoms in total. The smallest absolute Gasteiger partial charge is 0.145 e. The predicted octanol–water partition coefficient (Wildman–Crippen LogP) is 4.51. The summed E-state index contributed by atoms with van der Waals surface area (Å²) < 4.78 is 1.49. The minimum atomic E-state index is 0.199. The van der Waals surface area contributed by atoms with E-state index in [1.54, 1.807) is 6.08 Å². The van der Waals surface area contributed by atoms with E-state index in [2.05, 4.69) is 31.1 Å². The Hall–Kier alpha value is -3.83. The zero-order chi connectivity index (χ0) is 19.4. The molecular weight excluding hydrogens is 334 g/mol. The molecule has 0 radical (unpaired) electrons. The summed E-state index contributed by atoms with van der Waals surface area (Å²) in [6, 6.07) is 21.5. The summed E-state index contributed by atoms with van der Waals surface area (Å²) in [5, 5.41) is 23.6. The Kier molecular flexibility index (Phi) is 5.06. The lowest BCUT2D eigenvalue weighted by Gasteiger charge is -2.05. The summed E-state index contributed by atoms with van der Waals surface area (Å²) in [6.45, 7) is 4.26. The molecule has 0 unspecified atom stereocenters. The van der Waals surface area contributed by atoms with Crippen LogP contribution in [0.4, 0.5) is 5.82 Å². The van der Waals surface area contributed by atoms with Crippen molar-refractivity contribution in [3.63, 3.8) is 0 Å². The number of nitrogens with two attached hydrogens (primary N) is 1. The van der Waals surface area contributed by atoms with Crippen LogP contribution in [-0.4, -0.2) is 9.78 Å². The predicted molar refractivity (Wildman–Crippen MR) is 107 cm³/mol. The van der Waals surface area contributed by atoms with Crippen LogP contribution in [0.5, 0.6) is 0 Å². The molecule has 0 saturated carbocycles. The number of hydrogen-bond acceptors (Lipinski definition) is 4. The highest BCUT2D eigenvalue weighted by atomic mass is 15.3. The van der Waals surface area contributed by atoms with E-state index in [-0.39, 0.29) is 17.1 Å². The zero-order valence-electron chi connectivity index (χ0n) is 15.2. The molecule has 0 aliphatic rings. The summed E-state index contributed by atoms with van der Waals surface area (Å²) in [5.74, 6) is 0.653. The third kappa shape index (κ3) is 3.58. The Bertz CT molecular complexity index is 1060. The fourth-order valence-electron chi connectivity index (χ4n) is 2.79. The number of rotatable bonds is 4. The van der Waals surface area contributed by atoms with Crippen LogP contribution in [0.15, 0.2) is 54.6 Å². The van der Waals surface area contributed by atoms with Gasteiger partial charge in [0.2, 0.25) is 0 Å². The van der Waals surface area contributed by atoms with Crippen molar-refractivity contribution in [3.8, 4) is 17.8 Å². The Morgan fingerprint density at radius 1 is 1.07 bits per heavy atom. The minimum absolute atomic E-state index is 0.199. The number of hydrogen-bond donors (Lipinski definition) is 1. The van der Waals surface area contributed by atoms with Gasteiger partial charge in [0.25, 0.3) is 0 Å². The van der Waals surface area contributed by atoms with E-state index in [1.165, 1.54) is 10.2 Å². The summed E-state index contributed by atoms with van der Waals surface area (Å²) in [5.41, 5.74) is 9.73. The van der Waals surface area contributed by atoms with Crippen LogP contribution in [0.25, 0.3) is 17.3 Å². The quantitative estimate of drug-likeness (QED) is 0.698.